The Morgan fingerprint density at radius 3 is 2.47 bits per heavy atom. The third kappa shape index (κ3) is 1.72. The van der Waals surface area contributed by atoms with Gasteiger partial charge in [0.2, 0.25) is 0 Å². The van der Waals surface area contributed by atoms with Gasteiger partial charge in [-0.05, 0) is 30.5 Å². The quantitative estimate of drug-likeness (QED) is 0.775. The number of hydrogen-bond acceptors (Lipinski definition) is 1. The fourth-order valence-corrected chi connectivity index (χ4v) is 3.69. The molecule has 2 heteroatoms. The van der Waals surface area contributed by atoms with Crippen LogP contribution in [0, 0.1) is 11.3 Å². The second-order valence-electron chi connectivity index (χ2n) is 5.05. The summed E-state index contributed by atoms with van der Waals surface area (Å²) in [6.45, 7) is 6.27. The van der Waals surface area contributed by atoms with Gasteiger partial charge < -0.3 is 0 Å². The van der Waals surface area contributed by atoms with Crippen molar-refractivity contribution in [3.05, 3.63) is 34.9 Å². The van der Waals surface area contributed by atoms with Crippen molar-refractivity contribution in [3.8, 4) is 0 Å². The van der Waals surface area contributed by atoms with Crippen molar-refractivity contribution in [1.82, 2.24) is 0 Å². The van der Waals surface area contributed by atoms with E-state index in [0.717, 1.165) is 17.9 Å². The summed E-state index contributed by atoms with van der Waals surface area (Å²) in [7, 11) is 0. The van der Waals surface area contributed by atoms with Gasteiger partial charge >= 0.3 is 0 Å². The summed E-state index contributed by atoms with van der Waals surface area (Å²) in [5, 5.41) is 0.759. The van der Waals surface area contributed by atoms with Crippen LogP contribution in [0.4, 0.5) is 0 Å². The van der Waals surface area contributed by atoms with E-state index in [-0.39, 0.29) is 11.3 Å². The van der Waals surface area contributed by atoms with Crippen LogP contribution in [0.5, 0.6) is 0 Å². The van der Waals surface area contributed by atoms with Crippen LogP contribution >= 0.6 is 11.6 Å². The molecule has 0 bridgehead atoms. The molecule has 0 aromatic heterocycles. The van der Waals surface area contributed by atoms with Gasteiger partial charge in [0.05, 0.1) is 0 Å². The predicted octanol–water partition coefficient (Wildman–Crippen LogP) is 4.45. The maximum absolute atomic E-state index is 12.2. The summed E-state index contributed by atoms with van der Waals surface area (Å²) in [6.07, 6.45) is 1.84. The SMILES string of the molecule is CCC1(CC)C(=O)C(C)C1c1cccc(Cl)c1. The molecule has 0 spiro atoms. The number of ketones is 1. The second-order valence-corrected chi connectivity index (χ2v) is 5.49. The van der Waals surface area contributed by atoms with Crippen molar-refractivity contribution in [2.45, 2.75) is 39.5 Å². The molecule has 2 atom stereocenters. The van der Waals surface area contributed by atoms with Crippen LogP contribution in [-0.4, -0.2) is 5.78 Å². The lowest BCUT2D eigenvalue weighted by Crippen LogP contribution is -2.54. The first kappa shape index (κ1) is 12.6. The Hall–Kier alpha value is -0.820. The van der Waals surface area contributed by atoms with Gasteiger partial charge in [0, 0.05) is 22.3 Å². The van der Waals surface area contributed by atoms with E-state index >= 15 is 0 Å². The minimum Gasteiger partial charge on any atom is -0.299 e. The van der Waals surface area contributed by atoms with Gasteiger partial charge in [0.25, 0.3) is 0 Å². The number of rotatable bonds is 3. The zero-order valence-electron chi connectivity index (χ0n) is 10.7. The molecule has 0 aliphatic heterocycles. The second kappa shape index (κ2) is 4.45. The predicted molar refractivity (Wildman–Crippen MR) is 71.4 cm³/mol. The lowest BCUT2D eigenvalue weighted by Gasteiger charge is -2.52. The smallest absolute Gasteiger partial charge is 0.143 e. The van der Waals surface area contributed by atoms with E-state index < -0.39 is 0 Å². The van der Waals surface area contributed by atoms with Crippen molar-refractivity contribution in [1.29, 1.82) is 0 Å². The minimum absolute atomic E-state index is 0.133. The Balaban J connectivity index is 2.41. The van der Waals surface area contributed by atoms with Gasteiger partial charge in [-0.3, -0.25) is 4.79 Å². The first-order chi connectivity index (χ1) is 8.06. The van der Waals surface area contributed by atoms with E-state index in [4.69, 9.17) is 11.6 Å². The van der Waals surface area contributed by atoms with E-state index in [1.54, 1.807) is 0 Å². The molecule has 1 saturated carbocycles. The first-order valence-electron chi connectivity index (χ1n) is 6.36. The van der Waals surface area contributed by atoms with Crippen LogP contribution in [0.15, 0.2) is 24.3 Å². The standard InChI is InChI=1S/C15H19ClO/c1-4-15(5-2)13(10(3)14(15)17)11-7-6-8-12(16)9-11/h6-10,13H,4-5H2,1-3H3. The molecule has 1 fully saturated rings. The summed E-state index contributed by atoms with van der Waals surface area (Å²) in [5.74, 6) is 0.893. The number of hydrogen-bond donors (Lipinski definition) is 0. The molecule has 17 heavy (non-hydrogen) atoms. The van der Waals surface area contributed by atoms with Crippen LogP contribution in [0.1, 0.15) is 45.1 Å². The summed E-state index contributed by atoms with van der Waals surface area (Å²) >= 11 is 6.05. The number of halogens is 1. The van der Waals surface area contributed by atoms with Crippen molar-refractivity contribution >= 4 is 17.4 Å². The average Bonchev–Trinajstić information content (AvgIpc) is 2.34. The van der Waals surface area contributed by atoms with E-state index in [1.807, 2.05) is 25.1 Å². The molecule has 1 nitrogen and oxygen atoms in total. The van der Waals surface area contributed by atoms with Gasteiger partial charge in [-0.25, -0.2) is 0 Å². The van der Waals surface area contributed by atoms with E-state index in [2.05, 4.69) is 19.9 Å². The topological polar surface area (TPSA) is 17.1 Å². The normalized spacial score (nSPS) is 26.7. The lowest BCUT2D eigenvalue weighted by molar-refractivity contribution is -0.150. The molecule has 0 N–H and O–H groups in total. The monoisotopic (exact) mass is 250 g/mol. The average molecular weight is 251 g/mol. The fraction of sp³-hybridized carbons (Fsp3) is 0.533. The lowest BCUT2D eigenvalue weighted by atomic mass is 9.49. The highest BCUT2D eigenvalue weighted by molar-refractivity contribution is 6.30. The zero-order chi connectivity index (χ0) is 12.6. The molecular formula is C15H19ClO. The van der Waals surface area contributed by atoms with Crippen LogP contribution in [-0.2, 0) is 4.79 Å². The van der Waals surface area contributed by atoms with E-state index in [0.29, 0.717) is 11.7 Å². The molecule has 92 valence electrons. The van der Waals surface area contributed by atoms with Crippen molar-refractivity contribution < 1.29 is 4.79 Å². The van der Waals surface area contributed by atoms with Crippen LogP contribution in [0.25, 0.3) is 0 Å². The van der Waals surface area contributed by atoms with Gasteiger partial charge in [0.15, 0.2) is 0 Å². The summed E-state index contributed by atoms with van der Waals surface area (Å²) < 4.78 is 0. The van der Waals surface area contributed by atoms with Crippen molar-refractivity contribution in [2.75, 3.05) is 0 Å². The minimum atomic E-state index is -0.149. The molecule has 0 amide bonds. The highest BCUT2D eigenvalue weighted by Crippen LogP contribution is 2.57. The van der Waals surface area contributed by atoms with Crippen molar-refractivity contribution in [3.63, 3.8) is 0 Å². The molecule has 0 radical (unpaired) electrons. The molecule has 0 heterocycles. The summed E-state index contributed by atoms with van der Waals surface area (Å²) in [4.78, 5) is 12.2. The molecule has 2 rings (SSSR count). The number of Topliss-reactive ketones (excluding diaryl/α,β-unsaturated/α-hetero) is 1. The highest BCUT2D eigenvalue weighted by atomic mass is 35.5. The zero-order valence-corrected chi connectivity index (χ0v) is 11.4. The maximum Gasteiger partial charge on any atom is 0.143 e. The Bertz CT molecular complexity index is 434. The van der Waals surface area contributed by atoms with Gasteiger partial charge in [-0.2, -0.15) is 0 Å². The largest absolute Gasteiger partial charge is 0.299 e. The van der Waals surface area contributed by atoms with Crippen molar-refractivity contribution in [2.24, 2.45) is 11.3 Å². The number of carbonyl (C=O) groups is 1. The fourth-order valence-electron chi connectivity index (χ4n) is 3.49. The van der Waals surface area contributed by atoms with Crippen LogP contribution in [0.3, 0.4) is 0 Å². The molecule has 1 aromatic carbocycles. The van der Waals surface area contributed by atoms with Crippen LogP contribution < -0.4 is 0 Å². The molecule has 0 saturated heterocycles. The van der Waals surface area contributed by atoms with E-state index in [9.17, 15) is 4.79 Å². The van der Waals surface area contributed by atoms with Crippen LogP contribution in [0.2, 0.25) is 5.02 Å². The third-order valence-electron chi connectivity index (χ3n) is 4.47. The Morgan fingerprint density at radius 1 is 1.29 bits per heavy atom. The summed E-state index contributed by atoms with van der Waals surface area (Å²) in [6, 6.07) is 7.97. The van der Waals surface area contributed by atoms with Gasteiger partial charge in [-0.15, -0.1) is 0 Å². The number of benzene rings is 1. The van der Waals surface area contributed by atoms with Gasteiger partial charge in [0.1, 0.15) is 5.78 Å². The van der Waals surface area contributed by atoms with E-state index in [1.165, 1.54) is 5.56 Å². The summed E-state index contributed by atoms with van der Waals surface area (Å²) in [5.41, 5.74) is 1.07. The first-order valence-corrected chi connectivity index (χ1v) is 6.74. The molecule has 1 aromatic rings. The van der Waals surface area contributed by atoms with Gasteiger partial charge in [-0.1, -0.05) is 44.5 Å². The Kier molecular flexibility index (Phi) is 3.31. The molecule has 2 unspecified atom stereocenters. The molecule has 1 aliphatic rings. The molecule has 1 aliphatic carbocycles. The number of carbonyl (C=O) groups excluding carboxylic acids is 1. The molecular weight excluding hydrogens is 232 g/mol. The Morgan fingerprint density at radius 2 is 1.94 bits per heavy atom. The third-order valence-corrected chi connectivity index (χ3v) is 4.70. The Labute approximate surface area is 108 Å². The highest BCUT2D eigenvalue weighted by Gasteiger charge is 2.57. The maximum atomic E-state index is 12.2.